The molecule has 1 aromatic carbocycles. The molecule has 0 aliphatic carbocycles. The fourth-order valence-corrected chi connectivity index (χ4v) is 3.96. The summed E-state index contributed by atoms with van der Waals surface area (Å²) in [5, 5.41) is 5.74. The minimum atomic E-state index is -0.434. The molecule has 1 aliphatic rings. The predicted molar refractivity (Wildman–Crippen MR) is 129 cm³/mol. The Morgan fingerprint density at radius 3 is 2.62 bits per heavy atom. The van der Waals surface area contributed by atoms with Gasteiger partial charge in [-0.1, -0.05) is 6.08 Å². The molecule has 2 aromatic heterocycles. The quantitative estimate of drug-likeness (QED) is 0.427. The zero-order valence-electron chi connectivity index (χ0n) is 18.9. The molecule has 1 aliphatic heterocycles. The summed E-state index contributed by atoms with van der Waals surface area (Å²) in [4.78, 5) is 47.8. The number of esters is 1. The molecule has 0 radical (unpaired) electrons. The van der Waals surface area contributed by atoms with Crippen LogP contribution in [0.15, 0.2) is 60.0 Å². The van der Waals surface area contributed by atoms with Gasteiger partial charge in [0.25, 0.3) is 5.56 Å². The van der Waals surface area contributed by atoms with Crippen molar-refractivity contribution in [3.05, 3.63) is 71.2 Å². The van der Waals surface area contributed by atoms with E-state index in [-0.39, 0.29) is 17.6 Å². The first kappa shape index (κ1) is 23.0. The number of fused-ring (bicyclic) bond motifs is 1. The Morgan fingerprint density at radius 1 is 1.21 bits per heavy atom. The van der Waals surface area contributed by atoms with Crippen LogP contribution in [0.3, 0.4) is 0 Å². The molecule has 0 unspecified atom stereocenters. The third kappa shape index (κ3) is 4.90. The van der Waals surface area contributed by atoms with Gasteiger partial charge < -0.3 is 20.3 Å². The fourth-order valence-electron chi connectivity index (χ4n) is 3.96. The molecule has 10 heteroatoms. The molecule has 1 fully saturated rings. The van der Waals surface area contributed by atoms with Crippen LogP contribution in [0.1, 0.15) is 23.2 Å². The van der Waals surface area contributed by atoms with Crippen molar-refractivity contribution in [3.63, 3.8) is 0 Å². The lowest BCUT2D eigenvalue weighted by Gasteiger charge is -2.33. The van der Waals surface area contributed by atoms with E-state index in [9.17, 15) is 14.4 Å². The van der Waals surface area contributed by atoms with Gasteiger partial charge in [0.1, 0.15) is 5.52 Å². The SMILES string of the molecule is C=CCn1c(=O)c(N2CCC(NC(=O)Nc3ccc(C(=O)OC)cc3)CC2)nc2cccnc21. The minimum absolute atomic E-state index is 0.0388. The summed E-state index contributed by atoms with van der Waals surface area (Å²) in [5.41, 5.74) is 1.96. The summed E-state index contributed by atoms with van der Waals surface area (Å²) in [6.45, 7) is 5.26. The van der Waals surface area contributed by atoms with Gasteiger partial charge in [0.15, 0.2) is 11.5 Å². The molecule has 3 aromatic rings. The van der Waals surface area contributed by atoms with Gasteiger partial charge in [-0.25, -0.2) is 19.6 Å². The Hall–Kier alpha value is -4.21. The van der Waals surface area contributed by atoms with E-state index in [4.69, 9.17) is 0 Å². The van der Waals surface area contributed by atoms with E-state index >= 15 is 0 Å². The number of anilines is 2. The number of ether oxygens (including phenoxy) is 1. The first-order valence-electron chi connectivity index (χ1n) is 11.0. The van der Waals surface area contributed by atoms with Crippen LogP contribution in [0, 0.1) is 0 Å². The monoisotopic (exact) mass is 462 g/mol. The van der Waals surface area contributed by atoms with Crippen LogP contribution >= 0.6 is 0 Å². The summed E-state index contributed by atoms with van der Waals surface area (Å²) in [6.07, 6.45) is 4.64. The van der Waals surface area contributed by atoms with Crippen LogP contribution in [0.2, 0.25) is 0 Å². The van der Waals surface area contributed by atoms with E-state index in [1.54, 1.807) is 47.2 Å². The normalized spacial score (nSPS) is 14.0. The van der Waals surface area contributed by atoms with Crippen LogP contribution in [-0.2, 0) is 11.3 Å². The van der Waals surface area contributed by atoms with Crippen LogP contribution in [-0.4, -0.2) is 52.8 Å². The standard InChI is InChI=1S/C24H26N6O4/c1-3-13-30-20-19(5-4-12-25-20)28-21(22(30)31)29-14-10-18(11-15-29)27-24(33)26-17-8-6-16(7-9-17)23(32)34-2/h3-9,12,18H,1,10-11,13-15H2,2H3,(H2,26,27,33). The molecule has 2 amide bonds. The number of allylic oxidation sites excluding steroid dienone is 1. The van der Waals surface area contributed by atoms with Crippen molar-refractivity contribution in [2.45, 2.75) is 25.4 Å². The molecule has 0 spiro atoms. The number of methoxy groups -OCH3 is 1. The second kappa shape index (κ2) is 10.2. The Bertz CT molecular complexity index is 1260. The summed E-state index contributed by atoms with van der Waals surface area (Å²) < 4.78 is 6.25. The van der Waals surface area contributed by atoms with Crippen molar-refractivity contribution in [1.29, 1.82) is 0 Å². The van der Waals surface area contributed by atoms with Gasteiger partial charge in [0.2, 0.25) is 0 Å². The number of pyridine rings is 1. The lowest BCUT2D eigenvalue weighted by Crippen LogP contribution is -2.47. The maximum absolute atomic E-state index is 13.1. The van der Waals surface area contributed by atoms with Gasteiger partial charge in [0, 0.05) is 37.6 Å². The van der Waals surface area contributed by atoms with Gasteiger partial charge in [-0.3, -0.25) is 9.36 Å². The fraction of sp³-hybridized carbons (Fsp3) is 0.292. The largest absolute Gasteiger partial charge is 0.465 e. The molecule has 176 valence electrons. The van der Waals surface area contributed by atoms with Crippen LogP contribution in [0.25, 0.3) is 11.2 Å². The number of nitrogens with one attached hydrogen (secondary N) is 2. The van der Waals surface area contributed by atoms with E-state index in [0.29, 0.717) is 60.7 Å². The number of nitrogens with zero attached hydrogens (tertiary/aromatic N) is 4. The van der Waals surface area contributed by atoms with Crippen molar-refractivity contribution in [2.75, 3.05) is 30.4 Å². The second-order valence-corrected chi connectivity index (χ2v) is 7.91. The smallest absolute Gasteiger partial charge is 0.337 e. The highest BCUT2D eigenvalue weighted by atomic mass is 16.5. The first-order chi connectivity index (χ1) is 16.5. The lowest BCUT2D eigenvalue weighted by molar-refractivity contribution is 0.0600. The van der Waals surface area contributed by atoms with E-state index < -0.39 is 5.97 Å². The van der Waals surface area contributed by atoms with Gasteiger partial charge in [-0.2, -0.15) is 0 Å². The minimum Gasteiger partial charge on any atom is -0.465 e. The summed E-state index contributed by atoms with van der Waals surface area (Å²) in [5.74, 6) is -0.0490. The maximum Gasteiger partial charge on any atom is 0.337 e. The van der Waals surface area contributed by atoms with E-state index in [1.165, 1.54) is 7.11 Å². The molecular weight excluding hydrogens is 436 g/mol. The average Bonchev–Trinajstić information content (AvgIpc) is 2.86. The number of benzene rings is 1. The molecular formula is C24H26N6O4. The second-order valence-electron chi connectivity index (χ2n) is 7.91. The number of piperidine rings is 1. The van der Waals surface area contributed by atoms with Gasteiger partial charge >= 0.3 is 12.0 Å². The van der Waals surface area contributed by atoms with E-state index in [2.05, 4.69) is 31.9 Å². The van der Waals surface area contributed by atoms with Crippen LogP contribution < -0.4 is 21.1 Å². The highest BCUT2D eigenvalue weighted by Crippen LogP contribution is 2.18. The molecule has 3 heterocycles. The molecule has 4 rings (SSSR count). The average molecular weight is 463 g/mol. The molecule has 2 N–H and O–H groups in total. The van der Waals surface area contributed by atoms with Crippen LogP contribution in [0.4, 0.5) is 16.3 Å². The highest BCUT2D eigenvalue weighted by Gasteiger charge is 2.24. The molecule has 0 atom stereocenters. The molecule has 0 bridgehead atoms. The third-order valence-corrected chi connectivity index (χ3v) is 5.69. The Labute approximate surface area is 196 Å². The number of carbonyl (C=O) groups is 2. The molecule has 0 saturated carbocycles. The highest BCUT2D eigenvalue weighted by molar-refractivity contribution is 5.92. The summed E-state index contributed by atoms with van der Waals surface area (Å²) in [7, 11) is 1.32. The maximum atomic E-state index is 13.1. The van der Waals surface area contributed by atoms with Gasteiger partial charge in [-0.05, 0) is 49.2 Å². The van der Waals surface area contributed by atoms with E-state index in [1.807, 2.05) is 11.0 Å². The number of carbonyl (C=O) groups excluding carboxylic acids is 2. The number of amides is 2. The number of urea groups is 1. The number of rotatable bonds is 6. The number of hydrogen-bond donors (Lipinski definition) is 2. The van der Waals surface area contributed by atoms with Crippen molar-refractivity contribution in [3.8, 4) is 0 Å². The first-order valence-corrected chi connectivity index (χ1v) is 11.0. The Kier molecular flexibility index (Phi) is 6.86. The topological polar surface area (TPSA) is 118 Å². The van der Waals surface area contributed by atoms with Crippen molar-refractivity contribution < 1.29 is 14.3 Å². The van der Waals surface area contributed by atoms with Crippen molar-refractivity contribution in [2.24, 2.45) is 0 Å². The van der Waals surface area contributed by atoms with Gasteiger partial charge in [0.05, 0.1) is 12.7 Å². The number of aromatic nitrogens is 3. The number of hydrogen-bond acceptors (Lipinski definition) is 7. The van der Waals surface area contributed by atoms with Crippen molar-refractivity contribution in [1.82, 2.24) is 19.9 Å². The molecule has 34 heavy (non-hydrogen) atoms. The lowest BCUT2D eigenvalue weighted by atomic mass is 10.1. The third-order valence-electron chi connectivity index (χ3n) is 5.69. The zero-order chi connectivity index (χ0) is 24.1. The summed E-state index contributed by atoms with van der Waals surface area (Å²) >= 11 is 0. The zero-order valence-corrected chi connectivity index (χ0v) is 18.9. The summed E-state index contributed by atoms with van der Waals surface area (Å²) in [6, 6.07) is 9.72. The van der Waals surface area contributed by atoms with Crippen LogP contribution in [0.5, 0.6) is 0 Å². The molecule has 1 saturated heterocycles. The van der Waals surface area contributed by atoms with Crippen molar-refractivity contribution >= 4 is 34.7 Å². The van der Waals surface area contributed by atoms with Gasteiger partial charge in [-0.15, -0.1) is 6.58 Å². The predicted octanol–water partition coefficient (Wildman–Crippen LogP) is 2.55. The Morgan fingerprint density at radius 2 is 1.94 bits per heavy atom. The Balaban J connectivity index is 1.38. The molecule has 10 nitrogen and oxygen atoms in total. The van der Waals surface area contributed by atoms with E-state index in [0.717, 1.165) is 0 Å².